The summed E-state index contributed by atoms with van der Waals surface area (Å²) < 4.78 is 6.09. The molecule has 0 aliphatic carbocycles. The number of ether oxygens (including phenoxy) is 1. The summed E-state index contributed by atoms with van der Waals surface area (Å²) in [5.41, 5.74) is 0.830. The number of hydrogen-bond acceptors (Lipinski definition) is 7. The van der Waals surface area contributed by atoms with Crippen molar-refractivity contribution in [2.45, 2.75) is 44.1 Å². The van der Waals surface area contributed by atoms with Crippen LogP contribution in [0.3, 0.4) is 0 Å². The lowest BCUT2D eigenvalue weighted by atomic mass is 9.99. The Morgan fingerprint density at radius 3 is 2.88 bits per heavy atom. The predicted octanol–water partition coefficient (Wildman–Crippen LogP) is 2.17. The highest BCUT2D eigenvalue weighted by Crippen LogP contribution is 2.28. The number of oxime groups is 1. The van der Waals surface area contributed by atoms with Gasteiger partial charge in [0.1, 0.15) is 11.8 Å². The fraction of sp³-hybridized carbons (Fsp3) is 0.765. The molecule has 1 atom stereocenters. The van der Waals surface area contributed by atoms with Gasteiger partial charge in [-0.3, -0.25) is 4.90 Å². The zero-order valence-electron chi connectivity index (χ0n) is 14.1. The van der Waals surface area contributed by atoms with Crippen LogP contribution in [0, 0.1) is 0 Å². The molecule has 0 aromatic carbocycles. The van der Waals surface area contributed by atoms with E-state index in [0.29, 0.717) is 18.4 Å². The number of nitrogens with one attached hydrogen (secondary N) is 1. The van der Waals surface area contributed by atoms with Crippen LogP contribution in [0.2, 0.25) is 0 Å². The molecule has 0 spiro atoms. The van der Waals surface area contributed by atoms with Crippen LogP contribution in [0.25, 0.3) is 0 Å². The number of likely N-dealkylation sites (tertiary alicyclic amines) is 1. The second kappa shape index (κ2) is 7.80. The van der Waals surface area contributed by atoms with Gasteiger partial charge >= 0.3 is 0 Å². The molecule has 7 heteroatoms. The van der Waals surface area contributed by atoms with Crippen molar-refractivity contribution in [3.8, 4) is 0 Å². The normalized spacial score (nSPS) is 26.5. The minimum Gasteiger partial charge on any atom is -0.466 e. The molecule has 2 saturated heterocycles. The molecule has 0 radical (unpaired) electrons. The molecule has 24 heavy (non-hydrogen) atoms. The number of aromatic nitrogens is 1. The zero-order chi connectivity index (χ0) is 16.2. The van der Waals surface area contributed by atoms with Gasteiger partial charge in [-0.15, -0.1) is 11.3 Å². The number of thiazole rings is 1. The summed E-state index contributed by atoms with van der Waals surface area (Å²) in [4.78, 5) is 12.7. The molecule has 3 aliphatic heterocycles. The van der Waals surface area contributed by atoms with Gasteiger partial charge in [-0.1, -0.05) is 6.42 Å². The summed E-state index contributed by atoms with van der Waals surface area (Å²) in [7, 11) is 0. The first-order valence-electron chi connectivity index (χ1n) is 9.14. The average molecular weight is 350 g/mol. The van der Waals surface area contributed by atoms with Crippen LogP contribution in [0.15, 0.2) is 10.5 Å². The van der Waals surface area contributed by atoms with E-state index in [2.05, 4.69) is 20.8 Å². The van der Waals surface area contributed by atoms with Gasteiger partial charge in [0.05, 0.1) is 5.01 Å². The average Bonchev–Trinajstić information content (AvgIpc) is 3.14. The summed E-state index contributed by atoms with van der Waals surface area (Å²) in [5, 5.41) is 10.8. The first-order valence-corrected chi connectivity index (χ1v) is 10.0. The topological polar surface area (TPSA) is 59.0 Å². The molecule has 1 aromatic heterocycles. The molecule has 1 unspecified atom stereocenters. The second-order valence-electron chi connectivity index (χ2n) is 6.89. The first-order chi connectivity index (χ1) is 11.9. The Balaban J connectivity index is 1.37. The molecule has 0 saturated carbocycles. The lowest BCUT2D eigenvalue weighted by Gasteiger charge is -2.31. The fourth-order valence-electron chi connectivity index (χ4n) is 3.66. The third-order valence-corrected chi connectivity index (χ3v) is 6.03. The number of rotatable bonds is 4. The number of piperidine rings is 2. The summed E-state index contributed by atoms with van der Waals surface area (Å²) in [5.74, 6) is 1.12. The molecule has 0 amide bonds. The largest absolute Gasteiger partial charge is 0.466 e. The van der Waals surface area contributed by atoms with Crippen LogP contribution >= 0.6 is 11.3 Å². The SMILES string of the molecule is c1sc(C2CCNCC2)nc1C1=NOCC(CN2CCCCC2)O1. The van der Waals surface area contributed by atoms with Crippen LogP contribution < -0.4 is 5.32 Å². The van der Waals surface area contributed by atoms with Crippen molar-refractivity contribution >= 4 is 17.2 Å². The van der Waals surface area contributed by atoms with Crippen molar-refractivity contribution in [3.63, 3.8) is 0 Å². The molecule has 2 fully saturated rings. The minimum atomic E-state index is 0.0552. The maximum Gasteiger partial charge on any atom is 0.277 e. The first kappa shape index (κ1) is 16.3. The van der Waals surface area contributed by atoms with E-state index in [4.69, 9.17) is 14.6 Å². The molecular formula is C17H26N4O2S. The lowest BCUT2D eigenvalue weighted by molar-refractivity contribution is -0.00852. The summed E-state index contributed by atoms with van der Waals surface area (Å²) in [6.45, 7) is 5.96. The van der Waals surface area contributed by atoms with E-state index >= 15 is 0 Å². The van der Waals surface area contributed by atoms with Gasteiger partial charge in [0.15, 0.2) is 6.61 Å². The van der Waals surface area contributed by atoms with Gasteiger partial charge in [-0.25, -0.2) is 4.98 Å². The summed E-state index contributed by atoms with van der Waals surface area (Å²) >= 11 is 1.72. The van der Waals surface area contributed by atoms with Crippen LogP contribution in [-0.4, -0.2) is 61.2 Å². The Morgan fingerprint density at radius 1 is 1.21 bits per heavy atom. The zero-order valence-corrected chi connectivity index (χ0v) is 14.9. The highest BCUT2D eigenvalue weighted by atomic mass is 32.1. The van der Waals surface area contributed by atoms with Crippen molar-refractivity contribution in [3.05, 3.63) is 16.1 Å². The van der Waals surface area contributed by atoms with Crippen LogP contribution in [0.1, 0.15) is 48.7 Å². The van der Waals surface area contributed by atoms with Crippen molar-refractivity contribution in [2.24, 2.45) is 5.16 Å². The quantitative estimate of drug-likeness (QED) is 0.902. The van der Waals surface area contributed by atoms with E-state index in [1.807, 2.05) is 0 Å². The molecule has 1 N–H and O–H groups in total. The van der Waals surface area contributed by atoms with Crippen LogP contribution in [-0.2, 0) is 9.57 Å². The van der Waals surface area contributed by atoms with E-state index in [1.54, 1.807) is 11.3 Å². The molecule has 0 bridgehead atoms. The Bertz CT molecular complexity index is 565. The Hall–Kier alpha value is -1.18. The number of hydrogen-bond donors (Lipinski definition) is 1. The predicted molar refractivity (Wildman–Crippen MR) is 94.6 cm³/mol. The third kappa shape index (κ3) is 3.90. The van der Waals surface area contributed by atoms with Gasteiger partial charge in [-0.05, 0) is 57.0 Å². The van der Waals surface area contributed by atoms with Gasteiger partial charge in [0, 0.05) is 17.8 Å². The van der Waals surface area contributed by atoms with Crippen LogP contribution in [0.4, 0.5) is 0 Å². The molecule has 4 heterocycles. The molecule has 6 nitrogen and oxygen atoms in total. The van der Waals surface area contributed by atoms with Gasteiger partial charge in [0.2, 0.25) is 0 Å². The van der Waals surface area contributed by atoms with Crippen LogP contribution in [0.5, 0.6) is 0 Å². The highest BCUT2D eigenvalue weighted by Gasteiger charge is 2.26. The van der Waals surface area contributed by atoms with Gasteiger partial charge < -0.3 is 14.9 Å². The van der Waals surface area contributed by atoms with E-state index in [-0.39, 0.29) is 6.10 Å². The van der Waals surface area contributed by atoms with E-state index in [0.717, 1.165) is 38.2 Å². The fourth-order valence-corrected chi connectivity index (χ4v) is 4.63. The summed E-state index contributed by atoms with van der Waals surface area (Å²) in [6, 6.07) is 0. The minimum absolute atomic E-state index is 0.0552. The lowest BCUT2D eigenvalue weighted by Crippen LogP contribution is -2.41. The van der Waals surface area contributed by atoms with Crippen molar-refractivity contribution < 1.29 is 9.57 Å². The Morgan fingerprint density at radius 2 is 2.04 bits per heavy atom. The van der Waals surface area contributed by atoms with Crippen molar-refractivity contribution in [2.75, 3.05) is 39.3 Å². The maximum absolute atomic E-state index is 6.09. The van der Waals surface area contributed by atoms with Crippen molar-refractivity contribution in [1.29, 1.82) is 0 Å². The van der Waals surface area contributed by atoms with E-state index < -0.39 is 0 Å². The van der Waals surface area contributed by atoms with Gasteiger partial charge in [0.25, 0.3) is 5.90 Å². The Kier molecular flexibility index (Phi) is 5.30. The smallest absolute Gasteiger partial charge is 0.277 e. The number of nitrogens with zero attached hydrogens (tertiary/aromatic N) is 3. The molecular weight excluding hydrogens is 324 g/mol. The Labute approximate surface area is 147 Å². The van der Waals surface area contributed by atoms with E-state index in [9.17, 15) is 0 Å². The molecule has 132 valence electrons. The molecule has 4 rings (SSSR count). The van der Waals surface area contributed by atoms with Gasteiger partial charge in [-0.2, -0.15) is 0 Å². The highest BCUT2D eigenvalue weighted by molar-refractivity contribution is 7.09. The molecule has 3 aliphatic rings. The second-order valence-corrected chi connectivity index (χ2v) is 7.78. The summed E-state index contributed by atoms with van der Waals surface area (Å²) in [6.07, 6.45) is 6.31. The van der Waals surface area contributed by atoms with E-state index in [1.165, 1.54) is 37.4 Å². The third-order valence-electron chi connectivity index (χ3n) is 5.03. The monoisotopic (exact) mass is 350 g/mol. The molecule has 1 aromatic rings. The maximum atomic E-state index is 6.09. The van der Waals surface area contributed by atoms with Crippen molar-refractivity contribution in [1.82, 2.24) is 15.2 Å². The standard InChI is InChI=1S/C17H26N4O2S/c1-2-8-21(9-3-1)10-14-11-22-20-16(23-14)15-12-24-17(19-15)13-4-6-18-7-5-13/h12-14,18H,1-11H2.